The summed E-state index contributed by atoms with van der Waals surface area (Å²) in [5.41, 5.74) is 4.69. The minimum atomic E-state index is -0.471. The van der Waals surface area contributed by atoms with Crippen LogP contribution in [0.25, 0.3) is 6.08 Å². The van der Waals surface area contributed by atoms with Gasteiger partial charge in [0.2, 0.25) is 5.91 Å². The van der Waals surface area contributed by atoms with Crippen LogP contribution < -0.4 is 15.5 Å². The Bertz CT molecular complexity index is 1580. The summed E-state index contributed by atoms with van der Waals surface area (Å²) in [7, 11) is 0. The van der Waals surface area contributed by atoms with Crippen molar-refractivity contribution in [1.29, 1.82) is 0 Å². The number of benzene rings is 3. The quantitative estimate of drug-likeness (QED) is 0.135. The van der Waals surface area contributed by atoms with E-state index >= 15 is 0 Å². The molecule has 3 aromatic carbocycles. The molecular weight excluding hydrogens is 542 g/mol. The van der Waals surface area contributed by atoms with Gasteiger partial charge in [0, 0.05) is 61.6 Å². The molecule has 0 bridgehead atoms. The van der Waals surface area contributed by atoms with Crippen LogP contribution in [0.1, 0.15) is 39.9 Å². The molecule has 2 N–H and O–H groups in total. The zero-order chi connectivity index (χ0) is 30.0. The van der Waals surface area contributed by atoms with Crippen LogP contribution in [0.3, 0.4) is 0 Å². The molecule has 0 radical (unpaired) electrons. The largest absolute Gasteiger partial charge is 0.371 e. The van der Waals surface area contributed by atoms with Gasteiger partial charge in [-0.15, -0.1) is 0 Å². The van der Waals surface area contributed by atoms with Crippen molar-refractivity contribution in [3.63, 3.8) is 0 Å². The van der Waals surface area contributed by atoms with Crippen molar-refractivity contribution < 1.29 is 14.5 Å². The third-order valence-corrected chi connectivity index (χ3v) is 7.54. The van der Waals surface area contributed by atoms with Crippen molar-refractivity contribution >= 4 is 35.0 Å². The smallest absolute Gasteiger partial charge is 0.269 e. The summed E-state index contributed by atoms with van der Waals surface area (Å²) in [6.07, 6.45) is 9.43. The lowest BCUT2D eigenvalue weighted by Gasteiger charge is -2.35. The summed E-state index contributed by atoms with van der Waals surface area (Å²) in [5.74, 6) is -0.0278. The lowest BCUT2D eigenvalue weighted by Crippen LogP contribution is -2.36. The van der Waals surface area contributed by atoms with Gasteiger partial charge in [-0.2, -0.15) is 0 Å². The normalized spacial score (nSPS) is 13.5. The first-order valence-corrected chi connectivity index (χ1v) is 14.3. The second-order valence-electron chi connectivity index (χ2n) is 10.6. The Labute approximate surface area is 250 Å². The molecule has 9 nitrogen and oxygen atoms in total. The van der Waals surface area contributed by atoms with Gasteiger partial charge in [-0.3, -0.25) is 24.7 Å². The fourth-order valence-electron chi connectivity index (χ4n) is 5.24. The second kappa shape index (κ2) is 14.0. The van der Waals surface area contributed by atoms with Gasteiger partial charge < -0.3 is 15.5 Å². The fraction of sp³-hybridized carbons (Fsp3) is 0.206. The van der Waals surface area contributed by atoms with Crippen molar-refractivity contribution in [3.05, 3.63) is 136 Å². The summed E-state index contributed by atoms with van der Waals surface area (Å²) in [6.45, 7) is 2.01. The van der Waals surface area contributed by atoms with Gasteiger partial charge in [0.05, 0.1) is 10.5 Å². The SMILES string of the molecule is O=C(/C=C/c1ccc([N+](=O)[O-])cc1)Nc1ccc(N2CCC(Cc3ccccc3)CC2)c(C(=O)NCc2cccnc2)c1. The van der Waals surface area contributed by atoms with E-state index in [9.17, 15) is 19.7 Å². The number of anilines is 2. The van der Waals surface area contributed by atoms with Gasteiger partial charge in [-0.05, 0) is 84.3 Å². The lowest BCUT2D eigenvalue weighted by atomic mass is 9.89. The van der Waals surface area contributed by atoms with Gasteiger partial charge in [0.1, 0.15) is 0 Å². The number of nitrogens with zero attached hydrogens (tertiary/aromatic N) is 3. The van der Waals surface area contributed by atoms with E-state index in [1.165, 1.54) is 23.8 Å². The standard InChI is InChI=1S/C34H33N5O4/c40-33(15-10-25-8-12-30(13-9-25)39(42)43)37-29-11-14-32(31(22-29)34(41)36-24-28-7-4-18-35-23-28)38-19-16-27(17-20-38)21-26-5-2-1-3-6-26/h1-15,18,22-23,27H,16-17,19-21,24H2,(H,36,41)(H,37,40)/b15-10+. The first kappa shape index (κ1) is 29.2. The number of carbonyl (C=O) groups is 2. The van der Waals surface area contributed by atoms with Crippen molar-refractivity contribution in [2.45, 2.75) is 25.8 Å². The van der Waals surface area contributed by atoms with Crippen molar-refractivity contribution in [1.82, 2.24) is 10.3 Å². The van der Waals surface area contributed by atoms with Crippen LogP contribution >= 0.6 is 0 Å². The third kappa shape index (κ3) is 8.13. The molecule has 4 aromatic rings. The molecule has 0 aliphatic carbocycles. The van der Waals surface area contributed by atoms with Crippen molar-refractivity contribution in [2.75, 3.05) is 23.3 Å². The molecule has 0 atom stereocenters. The van der Waals surface area contributed by atoms with E-state index < -0.39 is 4.92 Å². The van der Waals surface area contributed by atoms with E-state index in [0.29, 0.717) is 29.3 Å². The number of nitro benzene ring substituents is 1. The summed E-state index contributed by atoms with van der Waals surface area (Å²) < 4.78 is 0. The number of amides is 2. The Morgan fingerprint density at radius 3 is 2.40 bits per heavy atom. The van der Waals surface area contributed by atoms with Crippen LogP contribution in [-0.4, -0.2) is 34.8 Å². The number of piperidine rings is 1. The highest BCUT2D eigenvalue weighted by Crippen LogP contribution is 2.30. The van der Waals surface area contributed by atoms with E-state index in [0.717, 1.165) is 43.6 Å². The van der Waals surface area contributed by atoms with E-state index in [-0.39, 0.29) is 17.5 Å². The van der Waals surface area contributed by atoms with Gasteiger partial charge in [0.25, 0.3) is 11.6 Å². The number of carbonyl (C=O) groups excluding carboxylic acids is 2. The lowest BCUT2D eigenvalue weighted by molar-refractivity contribution is -0.384. The Hall–Kier alpha value is -5.31. The van der Waals surface area contributed by atoms with Gasteiger partial charge >= 0.3 is 0 Å². The average molecular weight is 576 g/mol. The van der Waals surface area contributed by atoms with Crippen molar-refractivity contribution in [3.8, 4) is 0 Å². The first-order valence-electron chi connectivity index (χ1n) is 14.3. The maximum atomic E-state index is 13.5. The zero-order valence-electron chi connectivity index (χ0n) is 23.7. The highest BCUT2D eigenvalue weighted by Gasteiger charge is 2.24. The van der Waals surface area contributed by atoms with Crippen LogP contribution in [0.2, 0.25) is 0 Å². The molecule has 2 heterocycles. The number of hydrogen-bond acceptors (Lipinski definition) is 6. The van der Waals surface area contributed by atoms with Gasteiger partial charge in [-0.1, -0.05) is 36.4 Å². The molecule has 0 spiro atoms. The fourth-order valence-corrected chi connectivity index (χ4v) is 5.24. The van der Waals surface area contributed by atoms with E-state index in [4.69, 9.17) is 0 Å². The highest BCUT2D eigenvalue weighted by molar-refractivity contribution is 6.05. The Balaban J connectivity index is 1.29. The maximum Gasteiger partial charge on any atom is 0.269 e. The highest BCUT2D eigenvalue weighted by atomic mass is 16.6. The van der Waals surface area contributed by atoms with Crippen LogP contribution in [0.15, 0.2) is 103 Å². The average Bonchev–Trinajstić information content (AvgIpc) is 3.04. The molecule has 5 rings (SSSR count). The first-order chi connectivity index (χ1) is 20.9. The molecule has 43 heavy (non-hydrogen) atoms. The number of rotatable bonds is 10. The minimum Gasteiger partial charge on any atom is -0.371 e. The Morgan fingerprint density at radius 1 is 0.953 bits per heavy atom. The van der Waals surface area contributed by atoms with Crippen LogP contribution in [-0.2, 0) is 17.8 Å². The molecule has 218 valence electrons. The molecule has 0 unspecified atom stereocenters. The predicted octanol–water partition coefficient (Wildman–Crippen LogP) is 6.03. The van der Waals surface area contributed by atoms with Crippen LogP contribution in [0.5, 0.6) is 0 Å². The van der Waals surface area contributed by atoms with E-state index in [1.54, 1.807) is 42.7 Å². The number of non-ortho nitro benzene ring substituents is 1. The zero-order valence-corrected chi connectivity index (χ0v) is 23.7. The number of hydrogen-bond donors (Lipinski definition) is 2. The topological polar surface area (TPSA) is 117 Å². The summed E-state index contributed by atoms with van der Waals surface area (Å²) in [6, 6.07) is 25.6. The predicted molar refractivity (Wildman–Crippen MR) is 168 cm³/mol. The number of pyridine rings is 1. The molecule has 1 aromatic heterocycles. The Morgan fingerprint density at radius 2 is 1.70 bits per heavy atom. The summed E-state index contributed by atoms with van der Waals surface area (Å²) in [5, 5.41) is 16.7. The second-order valence-corrected chi connectivity index (χ2v) is 10.6. The number of nitro groups is 1. The molecule has 0 saturated carbocycles. The van der Waals surface area contributed by atoms with Gasteiger partial charge in [0.15, 0.2) is 0 Å². The van der Waals surface area contributed by atoms with E-state index in [1.807, 2.05) is 24.3 Å². The molecular formula is C34H33N5O4. The molecule has 1 fully saturated rings. The minimum absolute atomic E-state index is 0.0172. The van der Waals surface area contributed by atoms with Gasteiger partial charge in [-0.25, -0.2) is 0 Å². The molecule has 9 heteroatoms. The maximum absolute atomic E-state index is 13.5. The Kier molecular flexibility index (Phi) is 9.53. The summed E-state index contributed by atoms with van der Waals surface area (Å²) >= 11 is 0. The third-order valence-electron chi connectivity index (χ3n) is 7.54. The molecule has 1 aliphatic rings. The molecule has 1 aliphatic heterocycles. The summed E-state index contributed by atoms with van der Waals surface area (Å²) in [4.78, 5) is 42.9. The molecule has 2 amide bonds. The van der Waals surface area contributed by atoms with Crippen molar-refractivity contribution in [2.24, 2.45) is 5.92 Å². The molecule has 1 saturated heterocycles. The van der Waals surface area contributed by atoms with Crippen LogP contribution in [0.4, 0.5) is 17.1 Å². The number of aromatic nitrogens is 1. The van der Waals surface area contributed by atoms with Crippen LogP contribution in [0, 0.1) is 16.0 Å². The van der Waals surface area contributed by atoms with E-state index in [2.05, 4.69) is 44.8 Å². The number of nitrogens with one attached hydrogen (secondary N) is 2. The monoisotopic (exact) mass is 575 g/mol.